The summed E-state index contributed by atoms with van der Waals surface area (Å²) in [6.45, 7) is 1.64. The van der Waals surface area contributed by atoms with E-state index in [1.54, 1.807) is 42.8 Å². The Labute approximate surface area is 231 Å². The zero-order chi connectivity index (χ0) is 27.9. The minimum absolute atomic E-state index is 0.00789. The number of carbonyl (C=O) groups excluding carboxylic acids is 3. The lowest BCUT2D eigenvalue weighted by Crippen LogP contribution is -2.52. The van der Waals surface area contributed by atoms with Crippen molar-refractivity contribution in [2.45, 2.75) is 18.9 Å². The van der Waals surface area contributed by atoms with Gasteiger partial charge in [-0.25, -0.2) is 4.98 Å². The molecule has 0 fully saturated rings. The van der Waals surface area contributed by atoms with Gasteiger partial charge in [0.2, 0.25) is 11.4 Å². The molecule has 2 N–H and O–H groups in total. The minimum atomic E-state index is -1.89. The third kappa shape index (κ3) is 4.33. The first-order chi connectivity index (χ1) is 18.7. The number of benzene rings is 2. The van der Waals surface area contributed by atoms with Gasteiger partial charge in [0, 0.05) is 41.8 Å². The van der Waals surface area contributed by atoms with Crippen LogP contribution in [0.4, 0.5) is 10.8 Å². The van der Waals surface area contributed by atoms with Crippen LogP contribution in [0.15, 0.2) is 58.2 Å². The van der Waals surface area contributed by atoms with E-state index < -0.39 is 28.8 Å². The van der Waals surface area contributed by atoms with Crippen LogP contribution in [0.3, 0.4) is 0 Å². The van der Waals surface area contributed by atoms with E-state index in [0.717, 1.165) is 0 Å². The number of fused-ring (bicyclic) bond motifs is 1. The van der Waals surface area contributed by atoms with Crippen LogP contribution in [-0.2, 0) is 4.79 Å². The quantitative estimate of drug-likeness (QED) is 0.388. The van der Waals surface area contributed by atoms with Crippen molar-refractivity contribution in [3.63, 3.8) is 0 Å². The first-order valence-corrected chi connectivity index (χ1v) is 13.0. The normalized spacial score (nSPS) is 20.4. The number of aliphatic hydroxyl groups excluding tert-OH is 1. The Bertz CT molecular complexity index is 1550. The van der Waals surface area contributed by atoms with E-state index in [1.165, 1.54) is 37.8 Å². The van der Waals surface area contributed by atoms with E-state index >= 15 is 0 Å². The number of hydrogen-bond acceptors (Lipinski definition) is 10. The van der Waals surface area contributed by atoms with Crippen LogP contribution < -0.4 is 19.5 Å². The van der Waals surface area contributed by atoms with E-state index in [-0.39, 0.29) is 45.7 Å². The molecule has 2 aliphatic rings. The van der Waals surface area contributed by atoms with Gasteiger partial charge in [0.15, 0.2) is 22.4 Å². The number of halogens is 1. The van der Waals surface area contributed by atoms with Crippen LogP contribution in [0.2, 0.25) is 5.02 Å². The van der Waals surface area contributed by atoms with Crippen LogP contribution in [0, 0.1) is 5.92 Å². The summed E-state index contributed by atoms with van der Waals surface area (Å²) in [5.74, 6) is -2.20. The number of rotatable bonds is 6. The summed E-state index contributed by atoms with van der Waals surface area (Å²) in [6.07, 6.45) is 2.69. The molecular formula is C27H22ClN3O7S. The van der Waals surface area contributed by atoms with Gasteiger partial charge in [-0.1, -0.05) is 18.5 Å². The number of aromatic nitrogens is 1. The molecule has 0 saturated heterocycles. The fourth-order valence-electron chi connectivity index (χ4n) is 4.60. The van der Waals surface area contributed by atoms with Crippen LogP contribution in [-0.4, -0.2) is 53.6 Å². The fourth-order valence-corrected chi connectivity index (χ4v) is 5.39. The van der Waals surface area contributed by atoms with E-state index in [9.17, 15) is 19.5 Å². The zero-order valence-corrected chi connectivity index (χ0v) is 22.6. The summed E-state index contributed by atoms with van der Waals surface area (Å²) in [4.78, 5) is 47.4. The number of ketones is 2. The number of nitrogens with one attached hydrogen (secondary N) is 1. The molecule has 0 saturated carbocycles. The van der Waals surface area contributed by atoms with Gasteiger partial charge in [-0.3, -0.25) is 24.7 Å². The molecule has 2 heterocycles. The number of aliphatic imine (C=N–C) groups is 1. The molecule has 2 unspecified atom stereocenters. The summed E-state index contributed by atoms with van der Waals surface area (Å²) in [7, 11) is 2.80. The number of anilines is 1. The minimum Gasteiger partial charge on any atom is -0.507 e. The molecule has 0 bridgehead atoms. The SMILES string of the molecule is COc1cc(OC)c2c(c1Cl)OC1(C2=O)C(O)=C(C=Nc2ccc(C(=O)Nc3nccs3)cc2)C(=O)CC1C. The van der Waals surface area contributed by atoms with Gasteiger partial charge in [0.05, 0.1) is 25.5 Å². The highest BCUT2D eigenvalue weighted by atomic mass is 35.5. The molecule has 39 heavy (non-hydrogen) atoms. The number of ether oxygens (including phenoxy) is 3. The number of nitrogens with zero attached hydrogens (tertiary/aromatic N) is 2. The van der Waals surface area contributed by atoms with Crippen LogP contribution in [0.1, 0.15) is 34.1 Å². The molecule has 2 atom stereocenters. The summed E-state index contributed by atoms with van der Waals surface area (Å²) in [5, 5.41) is 16.3. The molecule has 12 heteroatoms. The van der Waals surface area contributed by atoms with E-state index in [2.05, 4.69) is 15.3 Å². The molecule has 2 aromatic carbocycles. The summed E-state index contributed by atoms with van der Waals surface area (Å²) in [6, 6.07) is 7.77. The van der Waals surface area contributed by atoms with Gasteiger partial charge in [0.1, 0.15) is 22.1 Å². The van der Waals surface area contributed by atoms with Gasteiger partial charge >= 0.3 is 0 Å². The maximum Gasteiger partial charge on any atom is 0.257 e. The number of Topliss-reactive ketones (excluding diaryl/α,β-unsaturated/α-hetero) is 2. The van der Waals surface area contributed by atoms with Gasteiger partial charge in [0.25, 0.3) is 5.91 Å². The molecule has 10 nitrogen and oxygen atoms in total. The summed E-state index contributed by atoms with van der Waals surface area (Å²) >= 11 is 7.75. The van der Waals surface area contributed by atoms with Crippen molar-refractivity contribution in [2.75, 3.05) is 19.5 Å². The highest BCUT2D eigenvalue weighted by Gasteiger charge is 2.60. The number of allylic oxidation sites excluding steroid dienone is 1. The molecule has 1 amide bonds. The van der Waals surface area contributed by atoms with Gasteiger partial charge in [-0.2, -0.15) is 0 Å². The fraction of sp³-hybridized carbons (Fsp3) is 0.222. The predicted molar refractivity (Wildman–Crippen MR) is 145 cm³/mol. The monoisotopic (exact) mass is 567 g/mol. The molecule has 1 spiro atoms. The molecule has 1 aliphatic carbocycles. The predicted octanol–water partition coefficient (Wildman–Crippen LogP) is 5.20. The number of thiazole rings is 1. The Hall–Kier alpha value is -4.22. The maximum absolute atomic E-state index is 13.8. The molecule has 5 rings (SSSR count). The largest absolute Gasteiger partial charge is 0.507 e. The summed E-state index contributed by atoms with van der Waals surface area (Å²) < 4.78 is 16.7. The van der Waals surface area contributed by atoms with Gasteiger partial charge < -0.3 is 19.3 Å². The van der Waals surface area contributed by atoms with Crippen LogP contribution >= 0.6 is 22.9 Å². The lowest BCUT2D eigenvalue weighted by Gasteiger charge is -2.36. The second-order valence-corrected chi connectivity index (χ2v) is 10.1. The van der Waals surface area contributed by atoms with Crippen molar-refractivity contribution in [3.8, 4) is 17.2 Å². The second-order valence-electron chi connectivity index (χ2n) is 8.85. The summed E-state index contributed by atoms with van der Waals surface area (Å²) in [5.41, 5.74) is -1.20. The number of hydrogen-bond donors (Lipinski definition) is 2. The highest BCUT2D eigenvalue weighted by Crippen LogP contribution is 2.54. The van der Waals surface area contributed by atoms with Crippen molar-refractivity contribution >= 4 is 57.4 Å². The van der Waals surface area contributed by atoms with Crippen molar-refractivity contribution in [1.29, 1.82) is 0 Å². The Morgan fingerprint density at radius 1 is 1.26 bits per heavy atom. The zero-order valence-electron chi connectivity index (χ0n) is 21.0. The Morgan fingerprint density at radius 3 is 2.62 bits per heavy atom. The molecular weight excluding hydrogens is 546 g/mol. The lowest BCUT2D eigenvalue weighted by atomic mass is 9.73. The standard InChI is InChI=1S/C27H22ClN3O7S/c1-13-10-17(32)16(12-30-15-6-4-14(5-7-15)25(35)31-26-29-8-9-39-26)23(33)27(13)24(34)20-18(36-2)11-19(37-3)21(28)22(20)38-27/h4-9,11-13,33H,10H2,1-3H3,(H,29,31,35). The first-order valence-electron chi connectivity index (χ1n) is 11.7. The van der Waals surface area contributed by atoms with E-state index in [0.29, 0.717) is 16.4 Å². The third-order valence-corrected chi connectivity index (χ3v) is 7.68. The number of carbonyl (C=O) groups is 3. The highest BCUT2D eigenvalue weighted by molar-refractivity contribution is 7.13. The first kappa shape index (κ1) is 26.4. The molecule has 3 aromatic rings. The Kier molecular flexibility index (Phi) is 6.87. The van der Waals surface area contributed by atoms with Gasteiger partial charge in [-0.05, 0) is 24.3 Å². The number of amides is 1. The molecule has 1 aromatic heterocycles. The molecule has 0 radical (unpaired) electrons. The molecule has 1 aliphatic heterocycles. The van der Waals surface area contributed by atoms with Crippen LogP contribution in [0.25, 0.3) is 0 Å². The van der Waals surface area contributed by atoms with E-state index in [1.807, 2.05) is 0 Å². The Balaban J connectivity index is 1.47. The smallest absolute Gasteiger partial charge is 0.257 e. The Morgan fingerprint density at radius 2 is 1.97 bits per heavy atom. The topological polar surface area (TPSA) is 136 Å². The average molecular weight is 568 g/mol. The van der Waals surface area contributed by atoms with Crippen molar-refractivity contribution < 1.29 is 33.7 Å². The van der Waals surface area contributed by atoms with Crippen molar-refractivity contribution in [2.24, 2.45) is 10.9 Å². The van der Waals surface area contributed by atoms with Gasteiger partial charge in [-0.15, -0.1) is 11.3 Å². The lowest BCUT2D eigenvalue weighted by molar-refractivity contribution is -0.118. The second kappa shape index (κ2) is 10.2. The van der Waals surface area contributed by atoms with Crippen molar-refractivity contribution in [3.05, 3.63) is 69.4 Å². The number of aliphatic hydroxyl groups is 1. The third-order valence-electron chi connectivity index (χ3n) is 6.64. The number of methoxy groups -OCH3 is 2. The van der Waals surface area contributed by atoms with E-state index in [4.69, 9.17) is 25.8 Å². The molecule has 200 valence electrons. The maximum atomic E-state index is 13.8. The van der Waals surface area contributed by atoms with Crippen molar-refractivity contribution in [1.82, 2.24) is 4.98 Å². The van der Waals surface area contributed by atoms with Crippen LogP contribution in [0.5, 0.6) is 17.2 Å². The average Bonchev–Trinajstić information content (AvgIpc) is 3.55.